The number of esters is 1. The number of ketones is 1. The first-order valence-corrected chi connectivity index (χ1v) is 8.63. The van der Waals surface area contributed by atoms with E-state index in [0.717, 1.165) is 30.4 Å². The highest BCUT2D eigenvalue weighted by Gasteiger charge is 2.20. The Bertz CT molecular complexity index is 886. The molecule has 0 saturated heterocycles. The van der Waals surface area contributed by atoms with Crippen LogP contribution in [0.25, 0.3) is 0 Å². The molecule has 1 N–H and O–H groups in total. The van der Waals surface area contributed by atoms with Gasteiger partial charge in [0.2, 0.25) is 5.78 Å². The second-order valence-corrected chi connectivity index (χ2v) is 6.17. The Morgan fingerprint density at radius 3 is 2.56 bits per heavy atom. The minimum Gasteiger partial charge on any atom is -0.454 e. The predicted molar refractivity (Wildman–Crippen MR) is 101 cm³/mol. The van der Waals surface area contributed by atoms with Gasteiger partial charge in [0.15, 0.2) is 6.61 Å². The number of carbonyl (C=O) groups excluding carboxylic acids is 2. The van der Waals surface area contributed by atoms with Crippen molar-refractivity contribution in [2.75, 3.05) is 19.0 Å². The third kappa shape index (κ3) is 4.33. The Balaban J connectivity index is 2.12. The van der Waals surface area contributed by atoms with Gasteiger partial charge in [-0.25, -0.2) is 4.79 Å². The Kier molecular flexibility index (Phi) is 6.33. The van der Waals surface area contributed by atoms with Crippen molar-refractivity contribution in [3.05, 3.63) is 56.9 Å². The lowest BCUT2D eigenvalue weighted by molar-refractivity contribution is -0.384. The molecule has 27 heavy (non-hydrogen) atoms. The summed E-state index contributed by atoms with van der Waals surface area (Å²) < 4.78 is 7.13. The summed E-state index contributed by atoms with van der Waals surface area (Å²) in [7, 11) is 1.55. The number of benzene rings is 1. The number of carbonyl (C=O) groups is 2. The van der Waals surface area contributed by atoms with Crippen molar-refractivity contribution in [1.29, 1.82) is 0 Å². The van der Waals surface area contributed by atoms with Crippen LogP contribution in [0.2, 0.25) is 0 Å². The summed E-state index contributed by atoms with van der Waals surface area (Å²) in [5.41, 5.74) is 2.40. The van der Waals surface area contributed by atoms with Crippen LogP contribution in [-0.2, 0) is 11.3 Å². The molecular weight excluding hydrogens is 350 g/mol. The average molecular weight is 373 g/mol. The second-order valence-electron chi connectivity index (χ2n) is 6.17. The van der Waals surface area contributed by atoms with E-state index in [0.29, 0.717) is 5.56 Å². The van der Waals surface area contributed by atoms with E-state index in [4.69, 9.17) is 4.74 Å². The number of anilines is 1. The fourth-order valence-electron chi connectivity index (χ4n) is 2.96. The molecule has 0 saturated carbocycles. The molecule has 144 valence electrons. The molecule has 1 heterocycles. The first kappa shape index (κ1) is 20.2. The van der Waals surface area contributed by atoms with Crippen LogP contribution >= 0.6 is 0 Å². The van der Waals surface area contributed by atoms with E-state index in [9.17, 15) is 19.7 Å². The summed E-state index contributed by atoms with van der Waals surface area (Å²) in [5, 5.41) is 13.8. The van der Waals surface area contributed by atoms with Gasteiger partial charge in [0.25, 0.3) is 5.69 Å². The summed E-state index contributed by atoms with van der Waals surface area (Å²) in [5.74, 6) is -1.09. The molecule has 8 nitrogen and oxygen atoms in total. The topological polar surface area (TPSA) is 103 Å². The quantitative estimate of drug-likeness (QED) is 0.329. The summed E-state index contributed by atoms with van der Waals surface area (Å²) >= 11 is 0. The monoisotopic (exact) mass is 373 g/mol. The number of nitro benzene ring substituents is 1. The number of nitrogens with zero attached hydrogens (tertiary/aromatic N) is 2. The van der Waals surface area contributed by atoms with E-state index in [1.165, 1.54) is 12.1 Å². The van der Waals surface area contributed by atoms with Gasteiger partial charge in [-0.2, -0.15) is 0 Å². The van der Waals surface area contributed by atoms with Crippen LogP contribution in [0.15, 0.2) is 24.3 Å². The second kappa shape index (κ2) is 8.48. The van der Waals surface area contributed by atoms with Gasteiger partial charge in [0, 0.05) is 36.6 Å². The maximum absolute atomic E-state index is 12.4. The third-order valence-electron chi connectivity index (χ3n) is 4.36. The highest BCUT2D eigenvalue weighted by atomic mass is 16.6. The van der Waals surface area contributed by atoms with Crippen LogP contribution in [0.4, 0.5) is 11.4 Å². The van der Waals surface area contributed by atoms with Crippen molar-refractivity contribution in [2.45, 2.75) is 33.7 Å². The lowest BCUT2D eigenvalue weighted by Crippen LogP contribution is -2.15. The minimum absolute atomic E-state index is 0.0185. The van der Waals surface area contributed by atoms with Gasteiger partial charge in [-0.3, -0.25) is 14.9 Å². The van der Waals surface area contributed by atoms with Gasteiger partial charge in [0.05, 0.1) is 10.5 Å². The Morgan fingerprint density at radius 1 is 1.26 bits per heavy atom. The van der Waals surface area contributed by atoms with E-state index >= 15 is 0 Å². The number of aromatic nitrogens is 1. The molecule has 0 amide bonds. The van der Waals surface area contributed by atoms with E-state index in [1.54, 1.807) is 13.1 Å². The van der Waals surface area contributed by atoms with Crippen molar-refractivity contribution < 1.29 is 19.2 Å². The van der Waals surface area contributed by atoms with Gasteiger partial charge >= 0.3 is 5.97 Å². The molecule has 0 radical (unpaired) electrons. The number of aryl methyl sites for hydroxylation is 1. The maximum atomic E-state index is 12.4. The van der Waals surface area contributed by atoms with Crippen LogP contribution in [-0.4, -0.2) is 34.9 Å². The van der Waals surface area contributed by atoms with Gasteiger partial charge in [-0.05, 0) is 38.5 Å². The van der Waals surface area contributed by atoms with Crippen LogP contribution < -0.4 is 5.32 Å². The van der Waals surface area contributed by atoms with Crippen LogP contribution in [0.1, 0.15) is 45.4 Å². The van der Waals surface area contributed by atoms with Gasteiger partial charge < -0.3 is 14.6 Å². The van der Waals surface area contributed by atoms with Crippen molar-refractivity contribution in [1.82, 2.24) is 4.57 Å². The number of ether oxygens (including phenoxy) is 1. The Hall–Kier alpha value is -3.16. The summed E-state index contributed by atoms with van der Waals surface area (Å²) in [6.07, 6.45) is 0.945. The van der Waals surface area contributed by atoms with E-state index in [2.05, 4.69) is 16.8 Å². The summed E-state index contributed by atoms with van der Waals surface area (Å²) in [6.45, 7) is 6.23. The Labute approximate surface area is 157 Å². The highest BCUT2D eigenvalue weighted by molar-refractivity contribution is 6.00. The van der Waals surface area contributed by atoms with Crippen LogP contribution in [0.3, 0.4) is 0 Å². The summed E-state index contributed by atoms with van der Waals surface area (Å²) in [6, 6.07) is 5.76. The first-order chi connectivity index (χ1) is 12.8. The smallest absolute Gasteiger partial charge is 0.338 e. The van der Waals surface area contributed by atoms with E-state index < -0.39 is 17.5 Å². The molecule has 2 rings (SSSR count). The van der Waals surface area contributed by atoms with Crippen molar-refractivity contribution in [3.63, 3.8) is 0 Å². The van der Waals surface area contributed by atoms with Crippen molar-refractivity contribution in [2.24, 2.45) is 0 Å². The molecule has 0 aliphatic carbocycles. The number of hydrogen-bond acceptors (Lipinski definition) is 6. The zero-order valence-electron chi connectivity index (χ0n) is 15.9. The van der Waals surface area contributed by atoms with Crippen LogP contribution in [0.5, 0.6) is 0 Å². The average Bonchev–Trinajstić information content (AvgIpc) is 2.93. The Morgan fingerprint density at radius 2 is 1.96 bits per heavy atom. The minimum atomic E-state index is -0.781. The fraction of sp³-hybridized carbons (Fsp3) is 0.368. The number of nitrogens with one attached hydrogen (secondary N) is 1. The zero-order valence-corrected chi connectivity index (χ0v) is 15.9. The largest absolute Gasteiger partial charge is 0.454 e. The third-order valence-corrected chi connectivity index (χ3v) is 4.36. The lowest BCUT2D eigenvalue weighted by Gasteiger charge is -2.08. The molecular formula is C19H23N3O5. The van der Waals surface area contributed by atoms with Gasteiger partial charge in [-0.1, -0.05) is 6.92 Å². The number of Topliss-reactive ketones (excluding diaryl/α,β-unsaturated/α-hetero) is 1. The van der Waals surface area contributed by atoms with Crippen LogP contribution in [0, 0.1) is 24.0 Å². The maximum Gasteiger partial charge on any atom is 0.338 e. The van der Waals surface area contributed by atoms with E-state index in [1.807, 2.05) is 13.8 Å². The molecule has 0 fully saturated rings. The SMILES string of the molecule is CCCn1c(C)cc(C(=O)COC(=O)c2ccc(NC)c([N+](=O)[O-])c2)c1C. The molecule has 0 aliphatic rings. The normalized spacial score (nSPS) is 10.5. The van der Waals surface area contributed by atoms with Gasteiger partial charge in [0.1, 0.15) is 5.69 Å². The fourth-order valence-corrected chi connectivity index (χ4v) is 2.96. The van der Waals surface area contributed by atoms with Gasteiger partial charge in [-0.15, -0.1) is 0 Å². The number of rotatable bonds is 8. The molecule has 0 bridgehead atoms. The van der Waals surface area contributed by atoms with E-state index in [-0.39, 0.29) is 22.7 Å². The molecule has 0 aliphatic heterocycles. The molecule has 2 aromatic rings. The number of nitro groups is 1. The molecule has 1 aromatic carbocycles. The molecule has 0 spiro atoms. The highest BCUT2D eigenvalue weighted by Crippen LogP contribution is 2.25. The standard InChI is InChI=1S/C19H23N3O5/c1-5-8-21-12(2)9-15(13(21)3)18(23)11-27-19(24)14-6-7-16(20-4)17(10-14)22(25)26/h6-7,9-10,20H,5,8,11H2,1-4H3. The molecule has 8 heteroatoms. The zero-order chi connectivity index (χ0) is 20.1. The number of hydrogen-bond donors (Lipinski definition) is 1. The molecule has 0 atom stereocenters. The van der Waals surface area contributed by atoms with Crippen molar-refractivity contribution in [3.8, 4) is 0 Å². The van der Waals surface area contributed by atoms with Crippen molar-refractivity contribution >= 4 is 23.1 Å². The summed E-state index contributed by atoms with van der Waals surface area (Å²) in [4.78, 5) is 35.1. The first-order valence-electron chi connectivity index (χ1n) is 8.63. The molecule has 1 aromatic heterocycles. The predicted octanol–water partition coefficient (Wildman–Crippen LogP) is 3.50. The lowest BCUT2D eigenvalue weighted by atomic mass is 10.1. The molecule has 0 unspecified atom stereocenters.